The van der Waals surface area contributed by atoms with Crippen LogP contribution in [0.3, 0.4) is 0 Å². The van der Waals surface area contributed by atoms with E-state index in [1.54, 1.807) is 0 Å². The molecule has 0 aromatic carbocycles. The summed E-state index contributed by atoms with van der Waals surface area (Å²) < 4.78 is 26.2. The van der Waals surface area contributed by atoms with Gasteiger partial charge < -0.3 is 23.7 Å². The van der Waals surface area contributed by atoms with Gasteiger partial charge in [0.1, 0.15) is 12.7 Å². The zero-order chi connectivity index (χ0) is 20.7. The maximum atomic E-state index is 11.6. The van der Waals surface area contributed by atoms with Crippen LogP contribution < -0.4 is 0 Å². The first kappa shape index (κ1) is 22.9. The Labute approximate surface area is 160 Å². The summed E-state index contributed by atoms with van der Waals surface area (Å²) in [4.78, 5) is 57.3. The summed E-state index contributed by atoms with van der Waals surface area (Å²) in [5.41, 5.74) is -1.07. The first-order chi connectivity index (χ1) is 12.5. The molecule has 5 atom stereocenters. The third kappa shape index (κ3) is 7.55. The van der Waals surface area contributed by atoms with Gasteiger partial charge in [0.05, 0.1) is 0 Å². The fraction of sp³-hybridized carbons (Fsp3) is 0.688. The van der Waals surface area contributed by atoms with Crippen molar-refractivity contribution < 1.29 is 47.7 Å². The van der Waals surface area contributed by atoms with Crippen molar-refractivity contribution in [2.45, 2.75) is 64.5 Å². The van der Waals surface area contributed by atoms with Crippen molar-refractivity contribution >= 4 is 40.8 Å². The minimum Gasteiger partial charge on any atom is -0.463 e. The van der Waals surface area contributed by atoms with Crippen LogP contribution in [0.1, 0.15) is 34.6 Å². The Hall–Kier alpha value is -2.14. The van der Waals surface area contributed by atoms with Crippen LogP contribution >= 0.6 is 11.8 Å². The minimum atomic E-state index is -1.26. The molecule has 0 amide bonds. The van der Waals surface area contributed by atoms with E-state index in [1.807, 2.05) is 0 Å². The summed E-state index contributed by atoms with van der Waals surface area (Å²) in [6, 6.07) is 0. The Balaban J connectivity index is 3.29. The molecule has 1 aliphatic heterocycles. The number of ether oxygens (including phenoxy) is 5. The quantitative estimate of drug-likeness (QED) is 0.447. The minimum absolute atomic E-state index is 0.327. The lowest BCUT2D eigenvalue weighted by Gasteiger charge is -2.43. The normalized spacial score (nSPS) is 27.2. The van der Waals surface area contributed by atoms with Crippen LogP contribution in [0.5, 0.6) is 0 Å². The Kier molecular flexibility index (Phi) is 8.70. The summed E-state index contributed by atoms with van der Waals surface area (Å²) in [6.07, 6.45) is -4.76. The van der Waals surface area contributed by atoms with E-state index in [0.29, 0.717) is 11.8 Å². The zero-order valence-corrected chi connectivity index (χ0v) is 16.4. The fourth-order valence-electron chi connectivity index (χ4n) is 2.45. The molecule has 0 unspecified atom stereocenters. The van der Waals surface area contributed by atoms with E-state index < -0.39 is 53.7 Å². The van der Waals surface area contributed by atoms with Crippen molar-refractivity contribution in [2.75, 3.05) is 6.61 Å². The number of esters is 4. The van der Waals surface area contributed by atoms with Crippen molar-refractivity contribution in [3.8, 4) is 0 Å². The predicted octanol–water partition coefficient (Wildman–Crippen LogP) is 0.349. The standard InChI is InChI=1S/C16H22O10S/c1-7(17)22-6-12-13(23-8(2)18)14(24-9(3)19)15(25-10(4)20)16(26-12)27-11(5)21/h12-16H,6H2,1-5H3/t12-,13+,14+,15+,16+/m1/s1. The van der Waals surface area contributed by atoms with E-state index in [0.717, 1.165) is 20.8 Å². The monoisotopic (exact) mass is 406 g/mol. The van der Waals surface area contributed by atoms with Crippen LogP contribution in [-0.4, -0.2) is 65.5 Å². The average molecular weight is 406 g/mol. The molecule has 0 aliphatic carbocycles. The molecule has 11 heteroatoms. The molecule has 1 rings (SSSR count). The third-order valence-corrected chi connectivity index (χ3v) is 4.17. The first-order valence-electron chi connectivity index (χ1n) is 7.99. The number of thioether (sulfide) groups is 1. The molecule has 152 valence electrons. The molecule has 0 N–H and O–H groups in total. The highest BCUT2D eigenvalue weighted by Crippen LogP contribution is 2.34. The van der Waals surface area contributed by atoms with Gasteiger partial charge in [-0.2, -0.15) is 0 Å². The topological polar surface area (TPSA) is 132 Å². The van der Waals surface area contributed by atoms with Gasteiger partial charge in [-0.15, -0.1) is 0 Å². The highest BCUT2D eigenvalue weighted by molar-refractivity contribution is 8.14. The van der Waals surface area contributed by atoms with Crippen molar-refractivity contribution in [1.82, 2.24) is 0 Å². The van der Waals surface area contributed by atoms with Gasteiger partial charge in [-0.1, -0.05) is 11.8 Å². The van der Waals surface area contributed by atoms with E-state index in [1.165, 1.54) is 13.8 Å². The van der Waals surface area contributed by atoms with Gasteiger partial charge in [-0.05, 0) is 0 Å². The number of rotatable bonds is 6. The summed E-state index contributed by atoms with van der Waals surface area (Å²) in [6.45, 7) is 5.51. The Morgan fingerprint density at radius 2 is 1.22 bits per heavy atom. The van der Waals surface area contributed by atoms with Crippen LogP contribution in [0.4, 0.5) is 0 Å². The lowest BCUT2D eigenvalue weighted by atomic mass is 9.99. The molecular weight excluding hydrogens is 384 g/mol. The maximum Gasteiger partial charge on any atom is 0.303 e. The lowest BCUT2D eigenvalue weighted by Crippen LogP contribution is -2.61. The van der Waals surface area contributed by atoms with Crippen molar-refractivity contribution in [3.63, 3.8) is 0 Å². The molecule has 1 fully saturated rings. The molecule has 0 saturated carbocycles. The van der Waals surface area contributed by atoms with Crippen molar-refractivity contribution in [3.05, 3.63) is 0 Å². The van der Waals surface area contributed by atoms with Crippen LogP contribution in [0, 0.1) is 0 Å². The number of hydrogen-bond donors (Lipinski definition) is 0. The molecule has 0 bridgehead atoms. The van der Waals surface area contributed by atoms with Gasteiger partial charge in [0.2, 0.25) is 0 Å². The Morgan fingerprint density at radius 1 is 0.741 bits per heavy atom. The van der Waals surface area contributed by atoms with Crippen LogP contribution in [0.25, 0.3) is 0 Å². The van der Waals surface area contributed by atoms with Gasteiger partial charge in [0, 0.05) is 34.6 Å². The zero-order valence-electron chi connectivity index (χ0n) is 15.6. The molecule has 10 nitrogen and oxygen atoms in total. The molecule has 0 spiro atoms. The van der Waals surface area contributed by atoms with Crippen molar-refractivity contribution in [1.29, 1.82) is 0 Å². The molecule has 1 heterocycles. The van der Waals surface area contributed by atoms with E-state index in [-0.39, 0.29) is 11.7 Å². The molecule has 1 saturated heterocycles. The molecule has 1 aliphatic rings. The first-order valence-corrected chi connectivity index (χ1v) is 8.87. The van der Waals surface area contributed by atoms with Gasteiger partial charge >= 0.3 is 23.9 Å². The number of carbonyl (C=O) groups excluding carboxylic acids is 5. The summed E-state index contributed by atoms with van der Waals surface area (Å²) in [5, 5.41) is -0.351. The highest BCUT2D eigenvalue weighted by atomic mass is 32.2. The molecule has 27 heavy (non-hydrogen) atoms. The second kappa shape index (κ2) is 10.3. The van der Waals surface area contributed by atoms with Gasteiger partial charge in [-0.25, -0.2) is 0 Å². The van der Waals surface area contributed by atoms with Crippen LogP contribution in [0.15, 0.2) is 0 Å². The molecule has 0 radical (unpaired) electrons. The maximum absolute atomic E-state index is 11.6. The third-order valence-electron chi connectivity index (χ3n) is 3.23. The van der Waals surface area contributed by atoms with E-state index in [9.17, 15) is 24.0 Å². The van der Waals surface area contributed by atoms with Gasteiger partial charge in [0.15, 0.2) is 28.9 Å². The Morgan fingerprint density at radius 3 is 1.67 bits per heavy atom. The van der Waals surface area contributed by atoms with Crippen molar-refractivity contribution in [2.24, 2.45) is 0 Å². The summed E-state index contributed by atoms with van der Waals surface area (Å²) in [7, 11) is 0. The Bertz CT molecular complexity index is 604. The summed E-state index contributed by atoms with van der Waals surface area (Å²) >= 11 is 0.705. The number of hydrogen-bond acceptors (Lipinski definition) is 11. The molecule has 0 aromatic rings. The lowest BCUT2D eigenvalue weighted by molar-refractivity contribution is -0.237. The SMILES string of the molecule is CC(=O)OC[C@H]1O[C@@H](SC(C)=O)[C@@H](OC(C)=O)[C@@H](OC(C)=O)[C@H]1OC(C)=O. The van der Waals surface area contributed by atoms with E-state index in [2.05, 4.69) is 0 Å². The highest BCUT2D eigenvalue weighted by Gasteiger charge is 2.52. The predicted molar refractivity (Wildman–Crippen MR) is 90.2 cm³/mol. The van der Waals surface area contributed by atoms with Gasteiger partial charge in [0.25, 0.3) is 0 Å². The van der Waals surface area contributed by atoms with E-state index in [4.69, 9.17) is 23.7 Å². The molecular formula is C16H22O10S. The molecule has 0 aromatic heterocycles. The second-order valence-electron chi connectivity index (χ2n) is 5.68. The van der Waals surface area contributed by atoms with Crippen LogP contribution in [0.2, 0.25) is 0 Å². The summed E-state index contributed by atoms with van der Waals surface area (Å²) in [5.74, 6) is -2.76. The number of carbonyl (C=O) groups is 5. The van der Waals surface area contributed by atoms with Gasteiger partial charge in [-0.3, -0.25) is 24.0 Å². The van der Waals surface area contributed by atoms with E-state index >= 15 is 0 Å². The largest absolute Gasteiger partial charge is 0.463 e. The second-order valence-corrected chi connectivity index (χ2v) is 6.95. The van der Waals surface area contributed by atoms with Crippen LogP contribution in [-0.2, 0) is 47.7 Å². The smallest absolute Gasteiger partial charge is 0.303 e. The average Bonchev–Trinajstić information content (AvgIpc) is 2.49. The fourth-order valence-corrected chi connectivity index (χ4v) is 3.32.